The van der Waals surface area contributed by atoms with Crippen LogP contribution in [0, 0.1) is 0 Å². The van der Waals surface area contributed by atoms with Crippen molar-refractivity contribution in [1.29, 1.82) is 0 Å². The summed E-state index contributed by atoms with van der Waals surface area (Å²) >= 11 is 1.48. The Morgan fingerprint density at radius 1 is 1.53 bits per heavy atom. The number of urea groups is 1. The van der Waals surface area contributed by atoms with Crippen molar-refractivity contribution in [2.45, 2.75) is 31.3 Å². The van der Waals surface area contributed by atoms with Gasteiger partial charge in [0.05, 0.1) is 5.88 Å². The minimum atomic E-state index is -0.920. The van der Waals surface area contributed by atoms with E-state index in [0.29, 0.717) is 11.6 Å². The van der Waals surface area contributed by atoms with Gasteiger partial charge in [0.1, 0.15) is 6.04 Å². The molecule has 0 aromatic carbocycles. The third-order valence-electron chi connectivity index (χ3n) is 2.84. The molecule has 0 radical (unpaired) electrons. The van der Waals surface area contributed by atoms with Crippen LogP contribution in [0.2, 0.25) is 0 Å². The lowest BCUT2D eigenvalue weighted by Crippen LogP contribution is -2.49. The fourth-order valence-electron chi connectivity index (χ4n) is 1.49. The lowest BCUT2D eigenvalue weighted by Gasteiger charge is -2.23. The highest BCUT2D eigenvalue weighted by Gasteiger charge is 2.42. The molecule has 1 saturated carbocycles. The Kier molecular flexibility index (Phi) is 2.54. The van der Waals surface area contributed by atoms with E-state index in [-0.39, 0.29) is 11.6 Å². The average molecular weight is 230 g/mol. The molecule has 1 unspecified atom stereocenters. The highest BCUT2D eigenvalue weighted by Crippen LogP contribution is 2.35. The molecule has 6 heteroatoms. The molecule has 84 valence electrons. The zero-order valence-corrected chi connectivity index (χ0v) is 9.34. The minimum Gasteiger partial charge on any atom is -0.480 e. The molecule has 2 rings (SSSR count). The number of hydrogen-bond donors (Lipinski definition) is 2. The number of nitrogens with zero attached hydrogens (tertiary/aromatic N) is 1. The van der Waals surface area contributed by atoms with Crippen molar-refractivity contribution in [3.8, 4) is 0 Å². The molecule has 0 aromatic rings. The number of rotatable bonds is 2. The molecule has 2 amide bonds. The van der Waals surface area contributed by atoms with Gasteiger partial charge < -0.3 is 15.3 Å². The van der Waals surface area contributed by atoms with E-state index in [2.05, 4.69) is 5.32 Å². The van der Waals surface area contributed by atoms with Gasteiger partial charge in [0, 0.05) is 11.3 Å². The van der Waals surface area contributed by atoms with Crippen molar-refractivity contribution < 1.29 is 14.7 Å². The van der Waals surface area contributed by atoms with Gasteiger partial charge in [-0.3, -0.25) is 0 Å². The zero-order chi connectivity index (χ0) is 11.1. The summed E-state index contributed by atoms with van der Waals surface area (Å²) < 4.78 is 0. The zero-order valence-electron chi connectivity index (χ0n) is 8.52. The molecule has 15 heavy (non-hydrogen) atoms. The predicted octanol–water partition coefficient (Wildman–Crippen LogP) is 0.708. The Labute approximate surface area is 92.2 Å². The van der Waals surface area contributed by atoms with E-state index >= 15 is 0 Å². The molecule has 1 heterocycles. The van der Waals surface area contributed by atoms with Crippen molar-refractivity contribution in [3.63, 3.8) is 0 Å². The largest absolute Gasteiger partial charge is 0.480 e. The van der Waals surface area contributed by atoms with Crippen LogP contribution in [-0.2, 0) is 4.79 Å². The van der Waals surface area contributed by atoms with E-state index in [1.165, 1.54) is 16.7 Å². The molecular formula is C9H14N2O3S. The first-order valence-corrected chi connectivity index (χ1v) is 6.07. The molecule has 2 N–H and O–H groups in total. The Bertz CT molecular complexity index is 304. The van der Waals surface area contributed by atoms with Crippen LogP contribution in [0.3, 0.4) is 0 Å². The summed E-state index contributed by atoms with van der Waals surface area (Å²) in [6, 6.07) is -0.912. The average Bonchev–Trinajstić information content (AvgIpc) is 2.70. The molecule has 2 fully saturated rings. The first-order valence-electron chi connectivity index (χ1n) is 4.91. The lowest BCUT2D eigenvalue weighted by molar-refractivity contribution is -0.140. The first-order chi connectivity index (χ1) is 7.02. The van der Waals surface area contributed by atoms with E-state index in [9.17, 15) is 9.59 Å². The van der Waals surface area contributed by atoms with E-state index in [1.54, 1.807) is 0 Å². The van der Waals surface area contributed by atoms with E-state index in [1.807, 2.05) is 6.92 Å². The van der Waals surface area contributed by atoms with Gasteiger partial charge in [-0.1, -0.05) is 0 Å². The van der Waals surface area contributed by atoms with Crippen LogP contribution in [0.4, 0.5) is 4.79 Å². The van der Waals surface area contributed by atoms with Crippen LogP contribution in [-0.4, -0.2) is 45.2 Å². The summed E-state index contributed by atoms with van der Waals surface area (Å²) in [6.45, 7) is 1.98. The summed E-state index contributed by atoms with van der Waals surface area (Å²) in [4.78, 5) is 24.0. The second-order valence-corrected chi connectivity index (χ2v) is 5.31. The smallest absolute Gasteiger partial charge is 0.327 e. The Morgan fingerprint density at radius 3 is 2.73 bits per heavy atom. The Hall–Kier alpha value is -0.910. The highest BCUT2D eigenvalue weighted by molar-refractivity contribution is 7.99. The van der Waals surface area contributed by atoms with E-state index in [0.717, 1.165) is 12.8 Å². The minimum absolute atomic E-state index is 0.0899. The number of carbonyl (C=O) groups is 2. The molecule has 1 aliphatic carbocycles. The van der Waals surface area contributed by atoms with Crippen molar-refractivity contribution in [1.82, 2.24) is 10.2 Å². The van der Waals surface area contributed by atoms with Crippen LogP contribution in [0.15, 0.2) is 0 Å². The fraction of sp³-hybridized carbons (Fsp3) is 0.778. The molecular weight excluding hydrogens is 216 g/mol. The topological polar surface area (TPSA) is 69.6 Å². The standard InChI is InChI=1S/C9H14N2O3S/c1-9(2-3-9)10-8(14)11-5-15-4-6(11)7(12)13/h6H,2-5H2,1H3,(H,10,14)(H,12,13). The van der Waals surface area contributed by atoms with Gasteiger partial charge in [0.2, 0.25) is 0 Å². The summed E-state index contributed by atoms with van der Waals surface area (Å²) in [7, 11) is 0. The predicted molar refractivity (Wildman–Crippen MR) is 56.8 cm³/mol. The quantitative estimate of drug-likeness (QED) is 0.733. The Balaban J connectivity index is 1.96. The van der Waals surface area contributed by atoms with Crippen LogP contribution >= 0.6 is 11.8 Å². The third kappa shape index (κ3) is 2.19. The summed E-state index contributed by atoms with van der Waals surface area (Å²) in [5, 5.41) is 11.8. The van der Waals surface area contributed by atoms with E-state index in [4.69, 9.17) is 5.11 Å². The highest BCUT2D eigenvalue weighted by atomic mass is 32.2. The maximum Gasteiger partial charge on any atom is 0.327 e. The number of hydrogen-bond acceptors (Lipinski definition) is 3. The SMILES string of the molecule is CC1(NC(=O)N2CSCC2C(=O)O)CC1. The number of thioether (sulfide) groups is 1. The van der Waals surface area contributed by atoms with Crippen molar-refractivity contribution in [2.75, 3.05) is 11.6 Å². The molecule has 2 aliphatic rings. The number of aliphatic carboxylic acids is 1. The number of nitrogens with one attached hydrogen (secondary N) is 1. The molecule has 1 aliphatic heterocycles. The second kappa shape index (κ2) is 3.59. The summed E-state index contributed by atoms with van der Waals surface area (Å²) in [5.74, 6) is 0.0364. The van der Waals surface area contributed by atoms with Crippen LogP contribution < -0.4 is 5.32 Å². The fourth-order valence-corrected chi connectivity index (χ4v) is 2.63. The normalized spacial score (nSPS) is 27.5. The van der Waals surface area contributed by atoms with Gasteiger partial charge in [-0.2, -0.15) is 0 Å². The van der Waals surface area contributed by atoms with Crippen LogP contribution in [0.5, 0.6) is 0 Å². The number of carboxylic acid groups (broad SMARTS) is 1. The number of carbonyl (C=O) groups excluding carboxylic acids is 1. The maximum atomic E-state index is 11.8. The van der Waals surface area contributed by atoms with Crippen molar-refractivity contribution in [2.24, 2.45) is 0 Å². The molecule has 1 atom stereocenters. The van der Waals surface area contributed by atoms with Gasteiger partial charge in [-0.15, -0.1) is 11.8 Å². The van der Waals surface area contributed by atoms with Crippen molar-refractivity contribution in [3.05, 3.63) is 0 Å². The van der Waals surface area contributed by atoms with Crippen LogP contribution in [0.25, 0.3) is 0 Å². The Morgan fingerprint density at radius 2 is 2.20 bits per heavy atom. The molecule has 5 nitrogen and oxygen atoms in total. The number of amides is 2. The molecule has 0 aromatic heterocycles. The molecule has 0 spiro atoms. The summed E-state index contributed by atoms with van der Waals surface area (Å²) in [5.41, 5.74) is -0.0899. The first kappa shape index (κ1) is 10.6. The van der Waals surface area contributed by atoms with Crippen molar-refractivity contribution >= 4 is 23.8 Å². The van der Waals surface area contributed by atoms with Crippen LogP contribution in [0.1, 0.15) is 19.8 Å². The van der Waals surface area contributed by atoms with Gasteiger partial charge in [0.25, 0.3) is 0 Å². The third-order valence-corrected chi connectivity index (χ3v) is 3.85. The monoisotopic (exact) mass is 230 g/mol. The van der Waals surface area contributed by atoms with E-state index < -0.39 is 12.0 Å². The van der Waals surface area contributed by atoms with Gasteiger partial charge in [0.15, 0.2) is 0 Å². The van der Waals surface area contributed by atoms with Gasteiger partial charge in [-0.25, -0.2) is 9.59 Å². The molecule has 1 saturated heterocycles. The number of carboxylic acids is 1. The lowest BCUT2D eigenvalue weighted by atomic mass is 10.3. The maximum absolute atomic E-state index is 11.8. The van der Waals surface area contributed by atoms with Gasteiger partial charge in [-0.05, 0) is 19.8 Å². The second-order valence-electron chi connectivity index (χ2n) is 4.31. The summed E-state index contributed by atoms with van der Waals surface area (Å²) in [6.07, 6.45) is 1.97. The van der Waals surface area contributed by atoms with Gasteiger partial charge >= 0.3 is 12.0 Å². The molecule has 0 bridgehead atoms.